The second kappa shape index (κ2) is 7.83. The zero-order valence-electron chi connectivity index (χ0n) is 10.6. The summed E-state index contributed by atoms with van der Waals surface area (Å²) in [6.07, 6.45) is 1.01. The summed E-state index contributed by atoms with van der Waals surface area (Å²) in [7, 11) is 0. The summed E-state index contributed by atoms with van der Waals surface area (Å²) < 4.78 is 5.27. The zero-order chi connectivity index (χ0) is 12.5. The van der Waals surface area contributed by atoms with Crippen molar-refractivity contribution >= 4 is 0 Å². The van der Waals surface area contributed by atoms with Crippen LogP contribution in [0.3, 0.4) is 0 Å². The van der Waals surface area contributed by atoms with Crippen molar-refractivity contribution in [2.45, 2.75) is 26.3 Å². The lowest BCUT2D eigenvalue weighted by Crippen LogP contribution is -2.21. The molecule has 0 heterocycles. The van der Waals surface area contributed by atoms with Crippen LogP contribution in [0.15, 0.2) is 24.3 Å². The predicted molar refractivity (Wildman–Crippen MR) is 68.7 cm³/mol. The van der Waals surface area contributed by atoms with Gasteiger partial charge in [0, 0.05) is 19.3 Å². The molecule has 0 radical (unpaired) electrons. The Bertz CT molecular complexity index is 371. The van der Waals surface area contributed by atoms with Gasteiger partial charge < -0.3 is 10.1 Å². The Hall–Kier alpha value is -1.37. The predicted octanol–water partition coefficient (Wildman–Crippen LogP) is 2.64. The lowest BCUT2D eigenvalue weighted by Gasteiger charge is -2.14. The molecular weight excluding hydrogens is 212 g/mol. The van der Waals surface area contributed by atoms with Gasteiger partial charge in [0.1, 0.15) is 0 Å². The first-order chi connectivity index (χ1) is 8.27. The Morgan fingerprint density at radius 2 is 2.29 bits per heavy atom. The van der Waals surface area contributed by atoms with E-state index in [0.29, 0.717) is 5.56 Å². The van der Waals surface area contributed by atoms with Crippen LogP contribution in [0.25, 0.3) is 0 Å². The van der Waals surface area contributed by atoms with E-state index < -0.39 is 0 Å². The number of hydrogen-bond acceptors (Lipinski definition) is 3. The van der Waals surface area contributed by atoms with Gasteiger partial charge in [-0.25, -0.2) is 0 Å². The zero-order valence-corrected chi connectivity index (χ0v) is 10.6. The number of hydrogen-bond donors (Lipinski definition) is 1. The van der Waals surface area contributed by atoms with Gasteiger partial charge in [-0.1, -0.05) is 12.1 Å². The topological polar surface area (TPSA) is 45.0 Å². The van der Waals surface area contributed by atoms with Crippen LogP contribution < -0.4 is 5.32 Å². The normalized spacial score (nSPS) is 12.1. The molecule has 0 fully saturated rings. The van der Waals surface area contributed by atoms with E-state index in [-0.39, 0.29) is 6.04 Å². The third-order valence-electron chi connectivity index (χ3n) is 2.64. The fraction of sp³-hybridized carbons (Fsp3) is 0.500. The average molecular weight is 232 g/mol. The van der Waals surface area contributed by atoms with Gasteiger partial charge in [-0.05, 0) is 44.5 Å². The Balaban J connectivity index is 2.36. The summed E-state index contributed by atoms with van der Waals surface area (Å²) in [6, 6.07) is 10.1. The van der Waals surface area contributed by atoms with Crippen LogP contribution in [0.5, 0.6) is 0 Å². The minimum atomic E-state index is 0.268. The van der Waals surface area contributed by atoms with E-state index >= 15 is 0 Å². The molecule has 1 N–H and O–H groups in total. The smallest absolute Gasteiger partial charge is 0.0991 e. The monoisotopic (exact) mass is 232 g/mol. The van der Waals surface area contributed by atoms with Gasteiger partial charge in [0.15, 0.2) is 0 Å². The SMILES string of the molecule is CCOCCCNC(C)c1cccc(C#N)c1. The molecular formula is C14H20N2O. The first-order valence-electron chi connectivity index (χ1n) is 6.09. The fourth-order valence-corrected chi connectivity index (χ4v) is 1.63. The second-order valence-electron chi connectivity index (χ2n) is 3.96. The molecule has 0 aromatic heterocycles. The van der Waals surface area contributed by atoms with Crippen LogP contribution in [0, 0.1) is 11.3 Å². The summed E-state index contributed by atoms with van der Waals surface area (Å²) in [5, 5.41) is 12.2. The van der Waals surface area contributed by atoms with E-state index in [1.54, 1.807) is 0 Å². The van der Waals surface area contributed by atoms with Crippen molar-refractivity contribution in [3.63, 3.8) is 0 Å². The summed E-state index contributed by atoms with van der Waals surface area (Å²) in [5.74, 6) is 0. The van der Waals surface area contributed by atoms with Crippen LogP contribution >= 0.6 is 0 Å². The van der Waals surface area contributed by atoms with Gasteiger partial charge >= 0.3 is 0 Å². The summed E-state index contributed by atoms with van der Waals surface area (Å²) in [5.41, 5.74) is 1.87. The van der Waals surface area contributed by atoms with Crippen molar-refractivity contribution in [1.29, 1.82) is 5.26 Å². The van der Waals surface area contributed by atoms with Gasteiger partial charge in [-0.15, -0.1) is 0 Å². The number of ether oxygens (including phenoxy) is 1. The number of benzene rings is 1. The number of nitriles is 1. The van der Waals surface area contributed by atoms with Crippen LogP contribution in [-0.2, 0) is 4.74 Å². The molecule has 1 aromatic carbocycles. The minimum Gasteiger partial charge on any atom is -0.382 e. The molecule has 92 valence electrons. The van der Waals surface area contributed by atoms with Gasteiger partial charge in [0.2, 0.25) is 0 Å². The first-order valence-corrected chi connectivity index (χ1v) is 6.09. The van der Waals surface area contributed by atoms with Gasteiger partial charge in [-0.2, -0.15) is 5.26 Å². The quantitative estimate of drug-likeness (QED) is 0.735. The third-order valence-corrected chi connectivity index (χ3v) is 2.64. The largest absolute Gasteiger partial charge is 0.382 e. The number of nitrogens with zero attached hydrogens (tertiary/aromatic N) is 1. The standard InChI is InChI=1S/C14H20N2O/c1-3-17-9-5-8-16-12(2)14-7-4-6-13(10-14)11-15/h4,6-7,10,12,16H,3,5,8-9H2,1-2H3. The maximum Gasteiger partial charge on any atom is 0.0991 e. The Morgan fingerprint density at radius 3 is 3.00 bits per heavy atom. The van der Waals surface area contributed by atoms with Crippen LogP contribution in [0.4, 0.5) is 0 Å². The molecule has 0 aliphatic heterocycles. The molecule has 3 nitrogen and oxygen atoms in total. The summed E-state index contributed by atoms with van der Waals surface area (Å²) >= 11 is 0. The highest BCUT2D eigenvalue weighted by Gasteiger charge is 2.04. The third kappa shape index (κ3) is 4.99. The molecule has 0 bridgehead atoms. The van der Waals surface area contributed by atoms with E-state index in [4.69, 9.17) is 10.00 Å². The molecule has 0 aliphatic rings. The van der Waals surface area contributed by atoms with Gasteiger partial charge in [0.05, 0.1) is 11.6 Å². The highest BCUT2D eigenvalue weighted by atomic mass is 16.5. The molecule has 1 unspecified atom stereocenters. The van der Waals surface area contributed by atoms with Crippen LogP contribution in [0.1, 0.15) is 37.4 Å². The van der Waals surface area contributed by atoms with E-state index in [1.807, 2.05) is 31.2 Å². The Labute approximate surface area is 103 Å². The molecule has 17 heavy (non-hydrogen) atoms. The molecule has 0 spiro atoms. The highest BCUT2D eigenvalue weighted by Crippen LogP contribution is 2.13. The van der Waals surface area contributed by atoms with E-state index in [1.165, 1.54) is 0 Å². The van der Waals surface area contributed by atoms with Crippen LogP contribution in [-0.4, -0.2) is 19.8 Å². The maximum absolute atomic E-state index is 8.83. The van der Waals surface area contributed by atoms with Crippen LogP contribution in [0.2, 0.25) is 0 Å². The maximum atomic E-state index is 8.83. The minimum absolute atomic E-state index is 0.268. The van der Waals surface area contributed by atoms with Crippen molar-refractivity contribution in [3.8, 4) is 6.07 Å². The van der Waals surface area contributed by atoms with Crippen molar-refractivity contribution in [1.82, 2.24) is 5.32 Å². The molecule has 0 saturated carbocycles. The lowest BCUT2D eigenvalue weighted by molar-refractivity contribution is 0.144. The molecule has 3 heteroatoms. The molecule has 0 saturated heterocycles. The fourth-order valence-electron chi connectivity index (χ4n) is 1.63. The van der Waals surface area contributed by atoms with Crippen molar-refractivity contribution in [3.05, 3.63) is 35.4 Å². The van der Waals surface area contributed by atoms with Crippen molar-refractivity contribution in [2.24, 2.45) is 0 Å². The Morgan fingerprint density at radius 1 is 1.47 bits per heavy atom. The number of rotatable bonds is 7. The highest BCUT2D eigenvalue weighted by molar-refractivity contribution is 5.33. The lowest BCUT2D eigenvalue weighted by atomic mass is 10.1. The summed E-state index contributed by atoms with van der Waals surface area (Å²) in [4.78, 5) is 0. The van der Waals surface area contributed by atoms with Gasteiger partial charge in [0.25, 0.3) is 0 Å². The first kappa shape index (κ1) is 13.7. The average Bonchev–Trinajstić information content (AvgIpc) is 2.38. The number of nitrogens with one attached hydrogen (secondary N) is 1. The molecule has 1 rings (SSSR count). The Kier molecular flexibility index (Phi) is 6.31. The van der Waals surface area contributed by atoms with E-state index in [9.17, 15) is 0 Å². The summed E-state index contributed by atoms with van der Waals surface area (Å²) in [6.45, 7) is 6.62. The molecule has 0 aliphatic carbocycles. The van der Waals surface area contributed by atoms with E-state index in [0.717, 1.165) is 31.7 Å². The van der Waals surface area contributed by atoms with Gasteiger partial charge in [-0.3, -0.25) is 0 Å². The van der Waals surface area contributed by atoms with Crippen molar-refractivity contribution in [2.75, 3.05) is 19.8 Å². The molecule has 0 amide bonds. The van der Waals surface area contributed by atoms with E-state index in [2.05, 4.69) is 18.3 Å². The van der Waals surface area contributed by atoms with Crippen molar-refractivity contribution < 1.29 is 4.74 Å². The molecule has 1 atom stereocenters. The molecule has 1 aromatic rings. The second-order valence-corrected chi connectivity index (χ2v) is 3.96.